The van der Waals surface area contributed by atoms with Crippen molar-refractivity contribution in [3.8, 4) is 5.75 Å². The number of unbranched alkanes of at least 4 members (excludes halogenated alkanes) is 4. The predicted octanol–water partition coefficient (Wildman–Crippen LogP) is 3.35. The highest BCUT2D eigenvalue weighted by atomic mass is 31.2. The molecule has 0 saturated carbocycles. The summed E-state index contributed by atoms with van der Waals surface area (Å²) in [7, 11) is -3.63. The van der Waals surface area contributed by atoms with Gasteiger partial charge in [-0.25, -0.2) is 0 Å². The maximum absolute atomic E-state index is 13.5. The Morgan fingerprint density at radius 1 is 1.19 bits per heavy atom. The third kappa shape index (κ3) is 4.48. The van der Waals surface area contributed by atoms with Gasteiger partial charge in [0.25, 0.3) is 5.79 Å². The molecule has 0 aromatic heterocycles. The molecular formula is C20H27F3NO7P. The van der Waals surface area contributed by atoms with Crippen molar-refractivity contribution in [3.63, 3.8) is 0 Å². The molecule has 0 bridgehead atoms. The maximum atomic E-state index is 13.5. The van der Waals surface area contributed by atoms with Crippen LogP contribution in [0.1, 0.15) is 50.2 Å². The van der Waals surface area contributed by atoms with Gasteiger partial charge in [-0.15, -0.1) is 0 Å². The quantitative estimate of drug-likeness (QED) is 0.154. The van der Waals surface area contributed by atoms with Crippen LogP contribution in [0.3, 0.4) is 0 Å². The topological polar surface area (TPSA) is 138 Å². The molecule has 32 heavy (non-hydrogen) atoms. The first-order chi connectivity index (χ1) is 14.9. The van der Waals surface area contributed by atoms with Crippen LogP contribution in [0.5, 0.6) is 5.75 Å². The zero-order chi connectivity index (χ0) is 23.8. The van der Waals surface area contributed by atoms with Gasteiger partial charge in [0.2, 0.25) is 0 Å². The molecule has 180 valence electrons. The molecule has 8 nitrogen and oxygen atoms in total. The van der Waals surface area contributed by atoms with E-state index in [0.29, 0.717) is 6.42 Å². The number of alkyl halides is 3. The van der Waals surface area contributed by atoms with E-state index >= 15 is 0 Å². The minimum atomic E-state index is -4.69. The molecule has 2 aliphatic heterocycles. The van der Waals surface area contributed by atoms with E-state index in [0.717, 1.165) is 50.0 Å². The molecule has 1 aromatic carbocycles. The molecule has 2 aliphatic rings. The number of halogens is 3. The van der Waals surface area contributed by atoms with E-state index in [1.807, 2.05) is 0 Å². The van der Waals surface area contributed by atoms with Crippen LogP contribution in [0.2, 0.25) is 0 Å². The van der Waals surface area contributed by atoms with Crippen molar-refractivity contribution >= 4 is 13.7 Å². The average molecular weight is 481 g/mol. The van der Waals surface area contributed by atoms with Crippen LogP contribution in [-0.4, -0.2) is 45.4 Å². The van der Waals surface area contributed by atoms with E-state index < -0.39 is 42.8 Å². The Bertz CT molecular complexity index is 911. The minimum Gasteiger partial charge on any atom is -0.493 e. The fourth-order valence-corrected chi connectivity index (χ4v) is 5.14. The number of hydrogen-bond acceptors (Lipinski definition) is 8. The van der Waals surface area contributed by atoms with Crippen LogP contribution in [0.25, 0.3) is 6.08 Å². The van der Waals surface area contributed by atoms with E-state index in [4.69, 9.17) is 10.5 Å². The summed E-state index contributed by atoms with van der Waals surface area (Å²) in [5, 5.41) is 30.2. The Kier molecular flexibility index (Phi) is 6.86. The lowest BCUT2D eigenvalue weighted by Gasteiger charge is -2.35. The third-order valence-corrected chi connectivity index (χ3v) is 7.40. The Balaban J connectivity index is 1.75. The van der Waals surface area contributed by atoms with Crippen LogP contribution in [0.4, 0.5) is 13.2 Å². The number of benzene rings is 1. The van der Waals surface area contributed by atoms with E-state index in [1.165, 1.54) is 6.07 Å². The van der Waals surface area contributed by atoms with Crippen molar-refractivity contribution in [1.82, 2.24) is 0 Å². The first-order valence-electron chi connectivity index (χ1n) is 10.3. The number of aliphatic hydroxyl groups excluding tert-OH is 1. The summed E-state index contributed by atoms with van der Waals surface area (Å²) in [5.74, 6) is -3.39. The van der Waals surface area contributed by atoms with Gasteiger partial charge in [-0.2, -0.15) is 13.2 Å². The summed E-state index contributed by atoms with van der Waals surface area (Å²) in [5.41, 5.74) is 0.306. The van der Waals surface area contributed by atoms with Gasteiger partial charge in [0.1, 0.15) is 11.3 Å². The lowest BCUT2D eigenvalue weighted by atomic mass is 9.88. The lowest BCUT2D eigenvalue weighted by molar-refractivity contribution is -0.279. The third-order valence-electron chi connectivity index (χ3n) is 5.52. The van der Waals surface area contributed by atoms with Crippen molar-refractivity contribution in [2.24, 2.45) is 5.73 Å². The Hall–Kier alpha value is -1.46. The largest absolute Gasteiger partial charge is 0.493 e. The average Bonchev–Trinajstić information content (AvgIpc) is 3.54. The van der Waals surface area contributed by atoms with E-state index in [2.05, 4.69) is 16.0 Å². The zero-order valence-electron chi connectivity index (χ0n) is 17.5. The second-order valence-corrected chi connectivity index (χ2v) is 9.93. The summed E-state index contributed by atoms with van der Waals surface area (Å²) in [4.78, 5) is 0. The maximum Gasteiger partial charge on any atom is 0.419 e. The lowest BCUT2D eigenvalue weighted by Crippen LogP contribution is -2.66. The van der Waals surface area contributed by atoms with Gasteiger partial charge < -0.3 is 25.8 Å². The van der Waals surface area contributed by atoms with Crippen molar-refractivity contribution in [3.05, 3.63) is 35.4 Å². The second kappa shape index (κ2) is 8.72. The number of ether oxygens (including phenoxy) is 1. The molecular weight excluding hydrogens is 454 g/mol. The molecule has 0 amide bonds. The standard InChI is InChI=1S/C20H27F3NO7P/c1-2-3-4-5-6-11-29-16-8-7-14(12-15(16)18(21,22)23)9-10-17(24,13-25)19(26,27)20-30-32(20,28)31-20/h7-10,12,25-27H,2-6,11,13,24H2,1H3/b10-9+. The highest BCUT2D eigenvalue weighted by molar-refractivity contribution is 7.68. The first-order valence-corrected chi connectivity index (χ1v) is 11.8. The van der Waals surface area contributed by atoms with Crippen molar-refractivity contribution in [2.75, 3.05) is 13.2 Å². The number of hydrogen-bond donors (Lipinski definition) is 4. The number of rotatable bonds is 12. The normalized spacial score (nSPS) is 26.6. The molecule has 2 saturated heterocycles. The zero-order valence-corrected chi connectivity index (χ0v) is 18.4. The highest BCUT2D eigenvalue weighted by Crippen LogP contribution is 3.00. The monoisotopic (exact) mass is 481 g/mol. The van der Waals surface area contributed by atoms with Gasteiger partial charge in [0, 0.05) is 0 Å². The molecule has 5 N–H and O–H groups in total. The fourth-order valence-electron chi connectivity index (χ4n) is 3.31. The minimum absolute atomic E-state index is 0.0146. The smallest absolute Gasteiger partial charge is 0.419 e. The molecule has 2 heterocycles. The van der Waals surface area contributed by atoms with Gasteiger partial charge in [-0.05, 0) is 24.1 Å². The van der Waals surface area contributed by atoms with Gasteiger partial charge >= 0.3 is 19.3 Å². The van der Waals surface area contributed by atoms with Crippen LogP contribution in [0.15, 0.2) is 24.3 Å². The van der Waals surface area contributed by atoms with Crippen molar-refractivity contribution in [1.29, 1.82) is 0 Å². The SMILES string of the molecule is CCCCCCCOc1ccc(/C=C/C(N)(CO)C(O)(O)C23OP2(=O)O3)cc1C(F)(F)F. The number of fused-ring (bicyclic) bond motifs is 1. The summed E-state index contributed by atoms with van der Waals surface area (Å²) < 4.78 is 66.9. The predicted molar refractivity (Wildman–Crippen MR) is 108 cm³/mol. The molecule has 0 radical (unpaired) electrons. The number of nitrogens with two attached hydrogens (primary N) is 1. The molecule has 1 unspecified atom stereocenters. The Morgan fingerprint density at radius 2 is 1.81 bits per heavy atom. The van der Waals surface area contributed by atoms with E-state index in [9.17, 15) is 33.1 Å². The van der Waals surface area contributed by atoms with Crippen LogP contribution >= 0.6 is 7.60 Å². The summed E-state index contributed by atoms with van der Waals surface area (Å²) >= 11 is 0. The van der Waals surface area contributed by atoms with Gasteiger partial charge in [-0.1, -0.05) is 50.8 Å². The summed E-state index contributed by atoms with van der Waals surface area (Å²) in [6.45, 7) is 1.17. The molecule has 12 heteroatoms. The first kappa shape index (κ1) is 25.2. The fraction of sp³-hybridized carbons (Fsp3) is 0.600. The molecule has 1 atom stereocenters. The van der Waals surface area contributed by atoms with E-state index in [1.54, 1.807) is 0 Å². The van der Waals surface area contributed by atoms with Gasteiger partial charge in [0.05, 0.1) is 18.8 Å². The Labute approximate surface area is 183 Å². The molecule has 3 rings (SSSR count). The van der Waals surface area contributed by atoms with Crippen molar-refractivity contribution in [2.45, 2.75) is 62.1 Å². The van der Waals surface area contributed by atoms with Crippen LogP contribution in [0, 0.1) is 0 Å². The van der Waals surface area contributed by atoms with Crippen LogP contribution in [-0.2, 0) is 19.8 Å². The Morgan fingerprint density at radius 3 is 2.34 bits per heavy atom. The molecule has 1 aromatic rings. The highest BCUT2D eigenvalue weighted by Gasteiger charge is 3.01. The summed E-state index contributed by atoms with van der Waals surface area (Å²) in [6.07, 6.45) is 1.90. The van der Waals surface area contributed by atoms with E-state index in [-0.39, 0.29) is 17.9 Å². The van der Waals surface area contributed by atoms with Crippen molar-refractivity contribution < 1.29 is 46.8 Å². The van der Waals surface area contributed by atoms with Crippen LogP contribution < -0.4 is 10.5 Å². The number of aliphatic hydroxyl groups is 3. The molecule has 0 aliphatic carbocycles. The molecule has 2 fully saturated rings. The summed E-state index contributed by atoms with van der Waals surface area (Å²) in [6, 6.07) is 3.32. The second-order valence-electron chi connectivity index (χ2n) is 7.98. The van der Waals surface area contributed by atoms with Gasteiger partial charge in [0.15, 0.2) is 0 Å². The van der Waals surface area contributed by atoms with Gasteiger partial charge in [-0.3, -0.25) is 13.6 Å². The molecule has 0 spiro atoms.